The number of nitrogens with two attached hydrogens (primary N) is 4. The van der Waals surface area contributed by atoms with Gasteiger partial charge < -0.3 is 27.8 Å². The minimum atomic E-state index is -0.0336. The molecule has 0 heterocycles. The zero-order valence-corrected chi connectivity index (χ0v) is 15.3. The van der Waals surface area contributed by atoms with E-state index >= 15 is 0 Å². The van der Waals surface area contributed by atoms with Crippen molar-refractivity contribution in [1.82, 2.24) is 16.1 Å². The molecular formula is C18H37N7. The molecule has 0 bridgehead atoms. The van der Waals surface area contributed by atoms with Gasteiger partial charge in [0.25, 0.3) is 0 Å². The number of benzene rings is 1. The van der Waals surface area contributed by atoms with Crippen LogP contribution in [0.4, 0.5) is 0 Å². The number of nitrogens with one attached hydrogen (secondary N) is 3. The summed E-state index contributed by atoms with van der Waals surface area (Å²) in [6.07, 6.45) is 4.24. The van der Waals surface area contributed by atoms with E-state index in [4.69, 9.17) is 23.0 Å². The molecular weight excluding hydrogens is 314 g/mol. The highest BCUT2D eigenvalue weighted by Crippen LogP contribution is 2.17. The summed E-state index contributed by atoms with van der Waals surface area (Å²) in [4.78, 5) is 0. The van der Waals surface area contributed by atoms with Crippen LogP contribution < -0.4 is 39.1 Å². The van der Waals surface area contributed by atoms with E-state index < -0.39 is 0 Å². The third-order valence-electron chi connectivity index (χ3n) is 4.27. The van der Waals surface area contributed by atoms with Crippen LogP contribution in [0.25, 0.3) is 0 Å². The van der Waals surface area contributed by atoms with Gasteiger partial charge in [-0.1, -0.05) is 24.3 Å². The molecule has 144 valence electrons. The van der Waals surface area contributed by atoms with Gasteiger partial charge in [0.2, 0.25) is 0 Å². The highest BCUT2D eigenvalue weighted by Gasteiger charge is 2.12. The zero-order valence-electron chi connectivity index (χ0n) is 15.3. The van der Waals surface area contributed by atoms with Crippen LogP contribution in [0.5, 0.6) is 0 Å². The Bertz CT molecular complexity index is 441. The van der Waals surface area contributed by atoms with Crippen LogP contribution in [-0.4, -0.2) is 39.3 Å². The molecule has 2 unspecified atom stereocenters. The monoisotopic (exact) mass is 351 g/mol. The predicted octanol–water partition coefficient (Wildman–Crippen LogP) is -0.152. The van der Waals surface area contributed by atoms with E-state index in [1.165, 1.54) is 0 Å². The van der Waals surface area contributed by atoms with Crippen LogP contribution in [0.15, 0.2) is 24.3 Å². The van der Waals surface area contributed by atoms with E-state index in [1.54, 1.807) is 0 Å². The maximum absolute atomic E-state index is 6.31. The lowest BCUT2D eigenvalue weighted by Gasteiger charge is -2.20. The topological polar surface area (TPSA) is 140 Å². The maximum atomic E-state index is 6.31. The molecule has 0 aliphatic heterocycles. The first-order valence-corrected chi connectivity index (χ1v) is 9.36. The lowest BCUT2D eigenvalue weighted by atomic mass is 10.00. The van der Waals surface area contributed by atoms with Gasteiger partial charge in [-0.05, 0) is 63.0 Å². The highest BCUT2D eigenvalue weighted by atomic mass is 15.2. The molecule has 0 saturated carbocycles. The van der Waals surface area contributed by atoms with Crippen molar-refractivity contribution >= 4 is 0 Å². The normalized spacial score (nSPS) is 13.8. The van der Waals surface area contributed by atoms with Gasteiger partial charge in [0, 0.05) is 19.1 Å². The Hall–Kier alpha value is -1.06. The number of hydrazine groups is 1. The van der Waals surface area contributed by atoms with Crippen molar-refractivity contribution in [3.63, 3.8) is 0 Å². The maximum Gasteiger partial charge on any atom is 0.0584 e. The first kappa shape index (κ1) is 22.0. The summed E-state index contributed by atoms with van der Waals surface area (Å²) in [5.74, 6) is 5.73. The molecule has 0 aliphatic carbocycles. The molecule has 2 atom stereocenters. The van der Waals surface area contributed by atoms with E-state index in [2.05, 4.69) is 34.3 Å². The van der Waals surface area contributed by atoms with E-state index in [-0.39, 0.29) is 12.1 Å². The molecule has 11 N–H and O–H groups in total. The minimum Gasteiger partial charge on any atom is -0.330 e. The van der Waals surface area contributed by atoms with E-state index in [0.29, 0.717) is 0 Å². The summed E-state index contributed by atoms with van der Waals surface area (Å²) < 4.78 is 0. The standard InChI is InChI=1S/C18H37N7/c19-8-1-3-10-23-13-17(21)15-6-5-7-16(12-15)18(25-22)14-24-11-4-2-9-20/h5-7,12,17-18,23-25H,1-4,8-11,13-14,19-22H2. The molecule has 0 aromatic heterocycles. The summed E-state index contributed by atoms with van der Waals surface area (Å²) in [6.45, 7) is 4.90. The third-order valence-corrected chi connectivity index (χ3v) is 4.27. The number of unbranched alkanes of at least 4 members (excludes halogenated alkanes) is 2. The Morgan fingerprint density at radius 3 is 2.04 bits per heavy atom. The smallest absolute Gasteiger partial charge is 0.0584 e. The van der Waals surface area contributed by atoms with Crippen molar-refractivity contribution in [2.45, 2.75) is 37.8 Å². The van der Waals surface area contributed by atoms with Gasteiger partial charge in [-0.3, -0.25) is 11.3 Å². The average Bonchev–Trinajstić information content (AvgIpc) is 2.64. The first-order chi connectivity index (χ1) is 12.2. The minimum absolute atomic E-state index is 0.0336. The Balaban J connectivity index is 2.47. The van der Waals surface area contributed by atoms with Crippen LogP contribution in [0, 0.1) is 0 Å². The van der Waals surface area contributed by atoms with E-state index in [1.807, 2.05) is 6.07 Å². The fraction of sp³-hybridized carbons (Fsp3) is 0.667. The number of hydrogen-bond donors (Lipinski definition) is 7. The third kappa shape index (κ3) is 9.27. The summed E-state index contributed by atoms with van der Waals surface area (Å²) >= 11 is 0. The van der Waals surface area contributed by atoms with Gasteiger partial charge in [-0.15, -0.1) is 0 Å². The second-order valence-corrected chi connectivity index (χ2v) is 6.40. The summed E-state index contributed by atoms with van der Waals surface area (Å²) in [7, 11) is 0. The van der Waals surface area contributed by atoms with Gasteiger partial charge in [-0.25, -0.2) is 0 Å². The van der Waals surface area contributed by atoms with E-state index in [9.17, 15) is 0 Å². The van der Waals surface area contributed by atoms with Gasteiger partial charge in [0.1, 0.15) is 0 Å². The second kappa shape index (κ2) is 14.1. The van der Waals surface area contributed by atoms with Gasteiger partial charge in [-0.2, -0.15) is 0 Å². The highest BCUT2D eigenvalue weighted by molar-refractivity contribution is 5.28. The van der Waals surface area contributed by atoms with Crippen LogP contribution in [0.3, 0.4) is 0 Å². The zero-order chi connectivity index (χ0) is 18.3. The number of rotatable bonds is 15. The van der Waals surface area contributed by atoms with Crippen molar-refractivity contribution < 1.29 is 0 Å². The molecule has 0 spiro atoms. The quantitative estimate of drug-likeness (QED) is 0.132. The molecule has 1 aromatic rings. The lowest BCUT2D eigenvalue weighted by molar-refractivity contribution is 0.494. The Kier molecular flexibility index (Phi) is 12.4. The fourth-order valence-corrected chi connectivity index (χ4v) is 2.69. The SMILES string of the molecule is NCCCCNCC(N)c1cccc(C(CNCCCCN)NN)c1. The predicted molar refractivity (Wildman–Crippen MR) is 106 cm³/mol. The second-order valence-electron chi connectivity index (χ2n) is 6.40. The molecule has 1 aromatic carbocycles. The van der Waals surface area contributed by atoms with Gasteiger partial charge in [0.05, 0.1) is 6.04 Å². The van der Waals surface area contributed by atoms with Crippen molar-refractivity contribution in [3.8, 4) is 0 Å². The van der Waals surface area contributed by atoms with Crippen LogP contribution >= 0.6 is 0 Å². The summed E-state index contributed by atoms with van der Waals surface area (Å²) in [6, 6.07) is 8.35. The molecule has 7 nitrogen and oxygen atoms in total. The Morgan fingerprint density at radius 1 is 0.840 bits per heavy atom. The van der Waals surface area contributed by atoms with Crippen molar-refractivity contribution in [2.75, 3.05) is 39.3 Å². The van der Waals surface area contributed by atoms with Gasteiger partial charge in [0.15, 0.2) is 0 Å². The van der Waals surface area contributed by atoms with Crippen LogP contribution in [-0.2, 0) is 0 Å². The van der Waals surface area contributed by atoms with Crippen LogP contribution in [0.1, 0.15) is 48.9 Å². The Morgan fingerprint density at radius 2 is 1.44 bits per heavy atom. The molecule has 0 fully saturated rings. The van der Waals surface area contributed by atoms with Gasteiger partial charge >= 0.3 is 0 Å². The van der Waals surface area contributed by atoms with Crippen molar-refractivity contribution in [3.05, 3.63) is 35.4 Å². The molecule has 0 aliphatic rings. The summed E-state index contributed by atoms with van der Waals surface area (Å²) in [5, 5.41) is 6.81. The molecule has 0 radical (unpaired) electrons. The number of hydrogen-bond acceptors (Lipinski definition) is 7. The molecule has 1 rings (SSSR count). The molecule has 7 heteroatoms. The van der Waals surface area contributed by atoms with Crippen LogP contribution in [0.2, 0.25) is 0 Å². The summed E-state index contributed by atoms with van der Waals surface area (Å²) in [5.41, 5.74) is 22.5. The lowest BCUT2D eigenvalue weighted by Crippen LogP contribution is -2.36. The van der Waals surface area contributed by atoms with E-state index in [0.717, 1.165) is 76.1 Å². The molecule has 0 saturated heterocycles. The fourth-order valence-electron chi connectivity index (χ4n) is 2.69. The largest absolute Gasteiger partial charge is 0.330 e. The van der Waals surface area contributed by atoms with Crippen molar-refractivity contribution in [1.29, 1.82) is 0 Å². The first-order valence-electron chi connectivity index (χ1n) is 9.36. The molecule has 25 heavy (non-hydrogen) atoms. The average molecular weight is 352 g/mol. The molecule has 0 amide bonds. The van der Waals surface area contributed by atoms with Crippen molar-refractivity contribution in [2.24, 2.45) is 23.0 Å². The Labute approximate surface area is 152 Å².